The predicted molar refractivity (Wildman–Crippen MR) is 412 cm³/mol. The Morgan fingerprint density at radius 3 is 0.258 bits per heavy atom. The summed E-state index contributed by atoms with van der Waals surface area (Å²) < 4.78 is 0. The van der Waals surface area contributed by atoms with Crippen LogP contribution in [0, 0.1) is 0 Å². The number of aliphatic carboxylic acids is 4. The van der Waals surface area contributed by atoms with E-state index < -0.39 is 23.9 Å². The summed E-state index contributed by atoms with van der Waals surface area (Å²) in [4.78, 5) is 41.1. The Morgan fingerprint density at radius 2 is 0.196 bits per heavy atom. The predicted octanol–water partition coefficient (Wildman–Crippen LogP) is 26.2. The number of carboxylic acid groups (broad SMARTS) is 4. The number of unbranched alkanes of at least 4 members (excludes halogenated alkanes) is 72. The van der Waals surface area contributed by atoms with Gasteiger partial charge in [-0.3, -0.25) is 0 Å². The second-order valence-corrected chi connectivity index (χ2v) is 29.9. The van der Waals surface area contributed by atoms with E-state index in [4.69, 9.17) is 0 Å². The third-order valence-electron chi connectivity index (χ3n) is 19.9. The molecule has 0 atom stereocenters. The fourth-order valence-electron chi connectivity index (χ4n) is 13.4. The molecular formula is C88H172MoO8. The molecule has 0 aliphatic rings. The molecule has 0 aromatic heterocycles. The fraction of sp³-hybridized carbons (Fsp3) is 0.955. The van der Waals surface area contributed by atoms with Crippen LogP contribution in [-0.4, -0.2) is 23.9 Å². The molecule has 8 nitrogen and oxygen atoms in total. The van der Waals surface area contributed by atoms with Crippen molar-refractivity contribution in [2.24, 2.45) is 0 Å². The second-order valence-electron chi connectivity index (χ2n) is 29.9. The molecular weight excluding hydrogens is 1280 g/mol. The number of hydrogen-bond donors (Lipinski definition) is 0. The quantitative estimate of drug-likeness (QED) is 0.0430. The van der Waals surface area contributed by atoms with Crippen LogP contribution in [0.25, 0.3) is 0 Å². The second kappa shape index (κ2) is 101. The molecule has 0 radical (unpaired) electrons. The van der Waals surface area contributed by atoms with Gasteiger partial charge in [-0.05, 0) is 51.4 Å². The van der Waals surface area contributed by atoms with Crippen LogP contribution >= 0.6 is 0 Å². The van der Waals surface area contributed by atoms with Crippen LogP contribution in [0.15, 0.2) is 0 Å². The van der Waals surface area contributed by atoms with E-state index in [2.05, 4.69) is 27.7 Å². The van der Waals surface area contributed by atoms with Gasteiger partial charge < -0.3 is 39.6 Å². The Morgan fingerprint density at radius 1 is 0.134 bits per heavy atom. The van der Waals surface area contributed by atoms with Crippen molar-refractivity contribution in [2.75, 3.05) is 0 Å². The van der Waals surface area contributed by atoms with Crippen LogP contribution in [0.2, 0.25) is 0 Å². The van der Waals surface area contributed by atoms with Crippen molar-refractivity contribution in [1.82, 2.24) is 0 Å². The third-order valence-corrected chi connectivity index (χ3v) is 19.9. The zero-order chi connectivity index (χ0) is 70.9. The van der Waals surface area contributed by atoms with E-state index in [1.54, 1.807) is 0 Å². The van der Waals surface area contributed by atoms with E-state index in [1.807, 2.05) is 0 Å². The van der Waals surface area contributed by atoms with Crippen LogP contribution in [-0.2, 0) is 40.2 Å². The summed E-state index contributed by atoms with van der Waals surface area (Å²) in [5.41, 5.74) is 0. The summed E-state index contributed by atoms with van der Waals surface area (Å²) >= 11 is 0. The minimum Gasteiger partial charge on any atom is -0.550 e. The zero-order valence-electron chi connectivity index (χ0n) is 66.2. The Balaban J connectivity index is -0.000000386. The van der Waals surface area contributed by atoms with Gasteiger partial charge in [0.1, 0.15) is 0 Å². The average molecular weight is 1450 g/mol. The maximum atomic E-state index is 10.3. The molecule has 0 N–H and O–H groups in total. The molecule has 0 aromatic carbocycles. The largest absolute Gasteiger partial charge is 4.00 e. The van der Waals surface area contributed by atoms with E-state index in [1.165, 1.54) is 437 Å². The first-order valence-corrected chi connectivity index (χ1v) is 43.9. The topological polar surface area (TPSA) is 161 Å². The maximum Gasteiger partial charge on any atom is 4.00 e. The van der Waals surface area contributed by atoms with E-state index >= 15 is 0 Å². The van der Waals surface area contributed by atoms with Gasteiger partial charge in [-0.25, -0.2) is 0 Å². The number of hydrogen-bond acceptors (Lipinski definition) is 8. The summed E-state index contributed by atoms with van der Waals surface area (Å²) in [5, 5.41) is 41.1. The number of carbonyl (C=O) groups excluding carboxylic acids is 4. The van der Waals surface area contributed by atoms with Gasteiger partial charge in [0.2, 0.25) is 0 Å². The number of carbonyl (C=O) groups is 4. The first-order valence-electron chi connectivity index (χ1n) is 43.9. The smallest absolute Gasteiger partial charge is 0.550 e. The molecule has 0 saturated heterocycles. The number of rotatable bonds is 80. The SMILES string of the molecule is CCCCCCCCCCCCCCCCCCCCCC(=O)[O-].CCCCCCCCCCCCCCCCCCCCCC(=O)[O-].CCCCCCCCCCCCCCCCCCCCCC(=O)[O-].CCCCCCCCCCCCCCCCCCCCCC(=O)[O-].[Mo+4]. The summed E-state index contributed by atoms with van der Waals surface area (Å²) in [7, 11) is 0. The van der Waals surface area contributed by atoms with Crippen LogP contribution < -0.4 is 20.4 Å². The van der Waals surface area contributed by atoms with Gasteiger partial charge in [-0.2, -0.15) is 0 Å². The molecule has 9 heteroatoms. The van der Waals surface area contributed by atoms with Gasteiger partial charge in [0.25, 0.3) is 0 Å². The molecule has 0 spiro atoms. The minimum absolute atomic E-state index is 0. The average Bonchev–Trinajstić information content (AvgIpc) is 3.57. The minimum atomic E-state index is -0.901. The Labute approximate surface area is 622 Å². The molecule has 0 aromatic rings. The molecule has 0 bridgehead atoms. The van der Waals surface area contributed by atoms with E-state index in [0.717, 1.165) is 51.4 Å². The van der Waals surface area contributed by atoms with Crippen LogP contribution in [0.4, 0.5) is 0 Å². The van der Waals surface area contributed by atoms with E-state index in [-0.39, 0.29) is 46.7 Å². The molecule has 0 heterocycles. The molecule has 0 unspecified atom stereocenters. The standard InChI is InChI=1S/4C22H44O2.Mo/c4*1-2-3-4-5-6-7-8-9-10-11-12-13-14-15-16-17-18-19-20-21-22(23)24;/h4*2-21H2,1H3,(H,23,24);/q;;;;+4/p-4. The maximum absolute atomic E-state index is 10.3. The monoisotopic (exact) mass is 1460 g/mol. The van der Waals surface area contributed by atoms with E-state index in [9.17, 15) is 39.6 Å². The first kappa shape index (κ1) is 104. The Kier molecular flexibility index (Phi) is 108. The van der Waals surface area contributed by atoms with Crippen molar-refractivity contribution in [1.29, 1.82) is 0 Å². The number of carboxylic acids is 4. The fourth-order valence-corrected chi connectivity index (χ4v) is 13.4. The summed E-state index contributed by atoms with van der Waals surface area (Å²) in [6.07, 6.45) is 103. The molecule has 0 saturated carbocycles. The van der Waals surface area contributed by atoms with Crippen molar-refractivity contribution in [3.63, 3.8) is 0 Å². The molecule has 0 aliphatic carbocycles. The normalized spacial score (nSPS) is 10.9. The van der Waals surface area contributed by atoms with Crippen LogP contribution in [0.1, 0.15) is 541 Å². The first-order chi connectivity index (χ1) is 47.1. The van der Waals surface area contributed by atoms with Crippen molar-refractivity contribution in [2.45, 2.75) is 541 Å². The van der Waals surface area contributed by atoms with Gasteiger partial charge >= 0.3 is 21.1 Å². The van der Waals surface area contributed by atoms with Crippen molar-refractivity contribution < 1.29 is 60.7 Å². The zero-order valence-corrected chi connectivity index (χ0v) is 68.2. The van der Waals surface area contributed by atoms with Gasteiger partial charge in [-0.1, -0.05) is 490 Å². The summed E-state index contributed by atoms with van der Waals surface area (Å²) in [6, 6.07) is 0. The molecule has 0 aliphatic heterocycles. The summed E-state index contributed by atoms with van der Waals surface area (Å²) in [6.45, 7) is 9.12. The van der Waals surface area contributed by atoms with E-state index in [0.29, 0.717) is 0 Å². The van der Waals surface area contributed by atoms with Crippen LogP contribution in [0.5, 0.6) is 0 Å². The van der Waals surface area contributed by atoms with Crippen LogP contribution in [0.3, 0.4) is 0 Å². The van der Waals surface area contributed by atoms with Gasteiger partial charge in [0.15, 0.2) is 0 Å². The molecule has 578 valence electrons. The van der Waals surface area contributed by atoms with Crippen molar-refractivity contribution in [3.05, 3.63) is 0 Å². The molecule has 0 fully saturated rings. The van der Waals surface area contributed by atoms with Gasteiger partial charge in [0, 0.05) is 23.9 Å². The molecule has 97 heavy (non-hydrogen) atoms. The van der Waals surface area contributed by atoms with Gasteiger partial charge in [0.05, 0.1) is 0 Å². The van der Waals surface area contributed by atoms with Gasteiger partial charge in [-0.15, -0.1) is 0 Å². The third kappa shape index (κ3) is 119. The molecule has 0 amide bonds. The molecule has 0 rings (SSSR count). The summed E-state index contributed by atoms with van der Waals surface area (Å²) in [5.74, 6) is -3.60. The Bertz CT molecular complexity index is 1220. The Hall–Kier alpha value is -1.43. The van der Waals surface area contributed by atoms with Crippen molar-refractivity contribution in [3.8, 4) is 0 Å². The van der Waals surface area contributed by atoms with Crippen molar-refractivity contribution >= 4 is 23.9 Å².